The van der Waals surface area contributed by atoms with Crippen LogP contribution in [-0.4, -0.2) is 44.4 Å². The van der Waals surface area contributed by atoms with Crippen molar-refractivity contribution >= 4 is 35.6 Å². The second-order valence-electron chi connectivity index (χ2n) is 7.63. The molecular formula is C20H18N8O4. The highest BCUT2D eigenvalue weighted by molar-refractivity contribution is 6.14. The van der Waals surface area contributed by atoms with E-state index in [1.54, 1.807) is 10.7 Å². The molecule has 0 bridgehead atoms. The SMILES string of the molecule is O=C1NC(=O)/C(=C/c2cnn3c(NC4CC4)nc(NCc4ccc5c(c4)OCO5)nc23)N1. The fourth-order valence-electron chi connectivity index (χ4n) is 3.45. The number of hydrogen-bond donors (Lipinski definition) is 4. The van der Waals surface area contributed by atoms with E-state index in [1.165, 1.54) is 6.08 Å². The van der Waals surface area contributed by atoms with Crippen LogP contribution in [0.25, 0.3) is 11.7 Å². The molecule has 0 spiro atoms. The van der Waals surface area contributed by atoms with E-state index in [0.717, 1.165) is 24.2 Å². The lowest BCUT2D eigenvalue weighted by Crippen LogP contribution is -2.22. The van der Waals surface area contributed by atoms with Gasteiger partial charge in [-0.25, -0.2) is 4.79 Å². The Bertz CT molecular complexity index is 1300. The summed E-state index contributed by atoms with van der Waals surface area (Å²) in [6.45, 7) is 0.693. The summed E-state index contributed by atoms with van der Waals surface area (Å²) in [7, 11) is 0. The van der Waals surface area contributed by atoms with E-state index in [0.29, 0.717) is 41.4 Å². The van der Waals surface area contributed by atoms with Crippen LogP contribution < -0.4 is 30.7 Å². The first-order valence-electron chi connectivity index (χ1n) is 10.1. The maximum Gasteiger partial charge on any atom is 0.326 e. The van der Waals surface area contributed by atoms with Crippen molar-refractivity contribution in [1.82, 2.24) is 30.2 Å². The van der Waals surface area contributed by atoms with Gasteiger partial charge in [0.05, 0.1) is 6.20 Å². The third kappa shape index (κ3) is 3.41. The average molecular weight is 434 g/mol. The van der Waals surface area contributed by atoms with Gasteiger partial charge in [-0.2, -0.15) is 19.6 Å². The molecule has 2 aliphatic heterocycles. The Hall–Kier alpha value is -4.35. The van der Waals surface area contributed by atoms with Crippen LogP contribution in [0.5, 0.6) is 11.5 Å². The number of benzene rings is 1. The number of nitrogens with zero attached hydrogens (tertiary/aromatic N) is 4. The highest BCUT2D eigenvalue weighted by Crippen LogP contribution is 2.32. The van der Waals surface area contributed by atoms with Crippen molar-refractivity contribution in [2.75, 3.05) is 17.4 Å². The molecule has 0 atom stereocenters. The Morgan fingerprint density at radius 1 is 1.16 bits per heavy atom. The smallest absolute Gasteiger partial charge is 0.326 e. The third-order valence-electron chi connectivity index (χ3n) is 5.21. The molecule has 1 saturated carbocycles. The van der Waals surface area contributed by atoms with E-state index in [2.05, 4.69) is 36.3 Å². The Morgan fingerprint density at radius 2 is 2.03 bits per heavy atom. The fourth-order valence-corrected chi connectivity index (χ4v) is 3.45. The molecule has 3 aromatic rings. The first-order valence-corrected chi connectivity index (χ1v) is 10.1. The standard InChI is InChI=1S/C20H18N8O4/c29-17-13(24-20(30)26-17)6-11-8-22-28-16(11)25-18(27-19(28)23-12-2-3-12)21-7-10-1-4-14-15(5-10)32-9-31-14/h1,4-6,8,12H,2-3,7,9H2,(H2,21,23,25,27)(H2,24,26,29,30)/b13-6-. The van der Waals surface area contributed by atoms with E-state index in [1.807, 2.05) is 18.2 Å². The minimum atomic E-state index is -0.561. The largest absolute Gasteiger partial charge is 0.454 e. The number of urea groups is 1. The average Bonchev–Trinajstić information content (AvgIpc) is 3.16. The lowest BCUT2D eigenvalue weighted by Gasteiger charge is -2.10. The van der Waals surface area contributed by atoms with Crippen molar-refractivity contribution in [2.24, 2.45) is 0 Å². The third-order valence-corrected chi connectivity index (χ3v) is 5.21. The summed E-state index contributed by atoms with van der Waals surface area (Å²) in [5.74, 6) is 1.88. The van der Waals surface area contributed by atoms with Gasteiger partial charge < -0.3 is 25.4 Å². The molecule has 3 aliphatic rings. The lowest BCUT2D eigenvalue weighted by atomic mass is 10.2. The van der Waals surface area contributed by atoms with E-state index in [4.69, 9.17) is 9.47 Å². The molecule has 162 valence electrons. The molecule has 4 N–H and O–H groups in total. The molecule has 4 heterocycles. The molecular weight excluding hydrogens is 416 g/mol. The van der Waals surface area contributed by atoms with Crippen LogP contribution in [0.15, 0.2) is 30.1 Å². The first-order chi connectivity index (χ1) is 15.6. The van der Waals surface area contributed by atoms with Gasteiger partial charge in [-0.1, -0.05) is 6.07 Å². The number of amides is 3. The van der Waals surface area contributed by atoms with Gasteiger partial charge in [0.25, 0.3) is 5.91 Å². The Balaban J connectivity index is 1.32. The second kappa shape index (κ2) is 7.11. The molecule has 12 heteroatoms. The number of anilines is 2. The Kier molecular flexibility index (Phi) is 4.09. The molecule has 0 unspecified atom stereocenters. The first kappa shape index (κ1) is 18.4. The van der Waals surface area contributed by atoms with Crippen LogP contribution in [0, 0.1) is 0 Å². The molecule has 3 amide bonds. The molecule has 1 saturated heterocycles. The van der Waals surface area contributed by atoms with Crippen molar-refractivity contribution in [3.05, 3.63) is 41.2 Å². The van der Waals surface area contributed by atoms with Gasteiger partial charge in [-0.3, -0.25) is 10.1 Å². The van der Waals surface area contributed by atoms with E-state index < -0.39 is 11.9 Å². The zero-order valence-corrected chi connectivity index (χ0v) is 16.7. The van der Waals surface area contributed by atoms with Crippen molar-refractivity contribution < 1.29 is 19.1 Å². The predicted octanol–water partition coefficient (Wildman–Crippen LogP) is 1.22. The maximum atomic E-state index is 11.9. The Morgan fingerprint density at radius 3 is 2.84 bits per heavy atom. The maximum absolute atomic E-state index is 11.9. The Labute approximate surface area is 181 Å². The number of carbonyl (C=O) groups is 2. The molecule has 0 radical (unpaired) electrons. The molecule has 2 fully saturated rings. The van der Waals surface area contributed by atoms with Gasteiger partial charge in [-0.15, -0.1) is 0 Å². The van der Waals surface area contributed by atoms with Crippen LogP contribution in [0.2, 0.25) is 0 Å². The monoisotopic (exact) mass is 434 g/mol. The minimum Gasteiger partial charge on any atom is -0.454 e. The van der Waals surface area contributed by atoms with Crippen molar-refractivity contribution in [2.45, 2.75) is 25.4 Å². The summed E-state index contributed by atoms with van der Waals surface area (Å²) < 4.78 is 12.4. The highest BCUT2D eigenvalue weighted by Gasteiger charge is 2.26. The summed E-state index contributed by atoms with van der Waals surface area (Å²) in [6.07, 6.45) is 5.25. The summed E-state index contributed by atoms with van der Waals surface area (Å²) in [6, 6.07) is 5.51. The summed E-state index contributed by atoms with van der Waals surface area (Å²) in [4.78, 5) is 32.5. The zero-order valence-electron chi connectivity index (χ0n) is 16.7. The molecule has 1 aromatic carbocycles. The molecule has 32 heavy (non-hydrogen) atoms. The summed E-state index contributed by atoms with van der Waals surface area (Å²) in [5, 5.41) is 15.6. The normalized spacial score (nSPS) is 18.2. The van der Waals surface area contributed by atoms with Gasteiger partial charge in [0.1, 0.15) is 5.70 Å². The van der Waals surface area contributed by atoms with E-state index in [9.17, 15) is 9.59 Å². The quantitative estimate of drug-likeness (QED) is 0.332. The lowest BCUT2D eigenvalue weighted by molar-refractivity contribution is -0.115. The predicted molar refractivity (Wildman–Crippen MR) is 112 cm³/mol. The zero-order chi connectivity index (χ0) is 21.7. The van der Waals surface area contributed by atoms with E-state index >= 15 is 0 Å². The number of ether oxygens (including phenoxy) is 2. The molecule has 2 aromatic heterocycles. The van der Waals surface area contributed by atoms with Gasteiger partial charge in [-0.05, 0) is 36.6 Å². The molecule has 1 aliphatic carbocycles. The summed E-state index contributed by atoms with van der Waals surface area (Å²) >= 11 is 0. The fraction of sp³-hybridized carbons (Fsp3) is 0.250. The van der Waals surface area contributed by atoms with Crippen LogP contribution >= 0.6 is 0 Å². The van der Waals surface area contributed by atoms with Gasteiger partial charge in [0.15, 0.2) is 17.1 Å². The van der Waals surface area contributed by atoms with E-state index in [-0.39, 0.29) is 12.5 Å². The van der Waals surface area contributed by atoms with Gasteiger partial charge >= 0.3 is 6.03 Å². The van der Waals surface area contributed by atoms with Crippen LogP contribution in [0.1, 0.15) is 24.0 Å². The number of nitrogens with one attached hydrogen (secondary N) is 4. The number of rotatable bonds is 6. The van der Waals surface area contributed by atoms with Crippen molar-refractivity contribution in [1.29, 1.82) is 0 Å². The number of fused-ring (bicyclic) bond motifs is 2. The van der Waals surface area contributed by atoms with Crippen LogP contribution in [0.4, 0.5) is 16.7 Å². The number of imide groups is 1. The topological polar surface area (TPSA) is 144 Å². The van der Waals surface area contributed by atoms with Gasteiger partial charge in [0.2, 0.25) is 18.7 Å². The minimum absolute atomic E-state index is 0.134. The molecule has 12 nitrogen and oxygen atoms in total. The molecule has 6 rings (SSSR count). The number of hydrogen-bond acceptors (Lipinski definition) is 9. The van der Waals surface area contributed by atoms with Crippen LogP contribution in [-0.2, 0) is 11.3 Å². The van der Waals surface area contributed by atoms with Crippen molar-refractivity contribution in [3.63, 3.8) is 0 Å². The van der Waals surface area contributed by atoms with Crippen molar-refractivity contribution in [3.8, 4) is 11.5 Å². The van der Waals surface area contributed by atoms with Crippen LogP contribution in [0.3, 0.4) is 0 Å². The second-order valence-corrected chi connectivity index (χ2v) is 7.63. The summed E-state index contributed by atoms with van der Waals surface area (Å²) in [5.41, 5.74) is 2.19. The highest BCUT2D eigenvalue weighted by atomic mass is 16.7. The van der Waals surface area contributed by atoms with Gasteiger partial charge in [0, 0.05) is 18.2 Å². The number of carbonyl (C=O) groups excluding carboxylic acids is 2. The number of aromatic nitrogens is 4.